The van der Waals surface area contributed by atoms with E-state index in [1.807, 2.05) is 6.92 Å². The van der Waals surface area contributed by atoms with Gasteiger partial charge < -0.3 is 5.32 Å². The van der Waals surface area contributed by atoms with Crippen molar-refractivity contribution in [2.24, 2.45) is 0 Å². The van der Waals surface area contributed by atoms with Gasteiger partial charge >= 0.3 is 0 Å². The number of sulfonamides is 1. The van der Waals surface area contributed by atoms with Crippen molar-refractivity contribution >= 4 is 45.0 Å². The van der Waals surface area contributed by atoms with Gasteiger partial charge in [-0.3, -0.25) is 9.89 Å². The lowest BCUT2D eigenvalue weighted by Crippen LogP contribution is -2.24. The number of nitrogens with one attached hydrogen (secondary N) is 2. The summed E-state index contributed by atoms with van der Waals surface area (Å²) in [5.74, 6) is 0.449. The third kappa shape index (κ3) is 4.76. The third-order valence-corrected chi connectivity index (χ3v) is 6.71. The number of amides is 1. The maximum Gasteiger partial charge on any atom is 0.244 e. The Bertz CT molecular complexity index is 898. The van der Waals surface area contributed by atoms with E-state index in [-0.39, 0.29) is 15.8 Å². The summed E-state index contributed by atoms with van der Waals surface area (Å²) in [5.41, 5.74) is 0.344. The SMILES string of the molecule is CCc1nc(SC(C)C(=O)Nc2ccc(Cl)c(S(=O)(=O)N(C)C)c2)n[nH]1. The molecule has 0 aliphatic carbocycles. The van der Waals surface area contributed by atoms with Gasteiger partial charge in [-0.05, 0) is 25.1 Å². The average Bonchev–Trinajstić information content (AvgIpc) is 3.03. The Labute approximate surface area is 161 Å². The van der Waals surface area contributed by atoms with Crippen molar-refractivity contribution in [1.29, 1.82) is 0 Å². The van der Waals surface area contributed by atoms with E-state index in [1.54, 1.807) is 13.0 Å². The number of carbonyl (C=O) groups is 1. The van der Waals surface area contributed by atoms with Crippen LogP contribution in [0.3, 0.4) is 0 Å². The second-order valence-electron chi connectivity index (χ2n) is 5.60. The molecule has 1 atom stereocenters. The van der Waals surface area contributed by atoms with E-state index in [1.165, 1.54) is 38.0 Å². The topological polar surface area (TPSA) is 108 Å². The van der Waals surface area contributed by atoms with Crippen molar-refractivity contribution in [3.63, 3.8) is 0 Å². The Morgan fingerprint density at radius 1 is 1.42 bits per heavy atom. The third-order valence-electron chi connectivity index (χ3n) is 3.45. The quantitative estimate of drug-likeness (QED) is 0.669. The van der Waals surface area contributed by atoms with E-state index in [0.717, 1.165) is 16.6 Å². The number of hydrogen-bond acceptors (Lipinski definition) is 6. The van der Waals surface area contributed by atoms with Gasteiger partial charge in [0.15, 0.2) is 0 Å². The van der Waals surface area contributed by atoms with Gasteiger partial charge in [0.05, 0.1) is 10.3 Å². The van der Waals surface area contributed by atoms with E-state index in [9.17, 15) is 13.2 Å². The summed E-state index contributed by atoms with van der Waals surface area (Å²) in [6.07, 6.45) is 0.724. The maximum absolute atomic E-state index is 12.4. The number of hydrogen-bond donors (Lipinski definition) is 2. The van der Waals surface area contributed by atoms with Crippen LogP contribution in [0.25, 0.3) is 0 Å². The molecule has 0 aliphatic rings. The number of carbonyl (C=O) groups excluding carboxylic acids is 1. The van der Waals surface area contributed by atoms with E-state index in [2.05, 4.69) is 20.5 Å². The highest BCUT2D eigenvalue weighted by atomic mass is 35.5. The second kappa shape index (κ2) is 8.38. The van der Waals surface area contributed by atoms with Crippen LogP contribution < -0.4 is 5.32 Å². The first-order valence-electron chi connectivity index (χ1n) is 7.76. The molecule has 11 heteroatoms. The van der Waals surface area contributed by atoms with Gasteiger partial charge in [0, 0.05) is 26.2 Å². The maximum atomic E-state index is 12.4. The minimum atomic E-state index is -3.71. The standard InChI is InChI=1S/C15H20ClN5O3S2/c1-5-13-18-15(20-19-13)25-9(2)14(22)17-10-6-7-11(16)12(8-10)26(23,24)21(3)4/h6-9H,5H2,1-4H3,(H,17,22)(H,18,19,20). The molecule has 0 bridgehead atoms. The summed E-state index contributed by atoms with van der Waals surface area (Å²) >= 11 is 7.21. The molecule has 2 N–H and O–H groups in total. The number of aromatic nitrogens is 3. The Hall–Kier alpha value is -1.62. The largest absolute Gasteiger partial charge is 0.325 e. The van der Waals surface area contributed by atoms with E-state index < -0.39 is 15.3 Å². The predicted octanol–water partition coefficient (Wildman–Crippen LogP) is 2.39. The first-order chi connectivity index (χ1) is 12.1. The Morgan fingerprint density at radius 3 is 2.69 bits per heavy atom. The number of rotatable bonds is 7. The number of halogens is 1. The Kier molecular flexibility index (Phi) is 6.67. The van der Waals surface area contributed by atoms with Gasteiger partial charge in [-0.2, -0.15) is 0 Å². The van der Waals surface area contributed by atoms with Crippen LogP contribution in [0.5, 0.6) is 0 Å². The summed E-state index contributed by atoms with van der Waals surface area (Å²) in [5, 5.41) is 9.62. The van der Waals surface area contributed by atoms with Crippen molar-refractivity contribution in [2.75, 3.05) is 19.4 Å². The number of thioether (sulfide) groups is 1. The van der Waals surface area contributed by atoms with Crippen molar-refractivity contribution in [3.8, 4) is 0 Å². The average molecular weight is 418 g/mol. The van der Waals surface area contributed by atoms with Crippen LogP contribution in [0.4, 0.5) is 5.69 Å². The summed E-state index contributed by atoms with van der Waals surface area (Å²) in [6, 6.07) is 4.33. The molecule has 2 rings (SSSR count). The van der Waals surface area contributed by atoms with Crippen molar-refractivity contribution in [1.82, 2.24) is 19.5 Å². The molecule has 0 saturated carbocycles. The molecular formula is C15H20ClN5O3S2. The zero-order valence-electron chi connectivity index (χ0n) is 14.8. The highest BCUT2D eigenvalue weighted by Gasteiger charge is 2.22. The molecule has 1 unspecified atom stereocenters. The predicted molar refractivity (Wildman–Crippen MR) is 102 cm³/mol. The molecule has 1 aromatic carbocycles. The monoisotopic (exact) mass is 417 g/mol. The summed E-state index contributed by atoms with van der Waals surface area (Å²) in [6.45, 7) is 3.67. The van der Waals surface area contributed by atoms with Crippen LogP contribution in [-0.4, -0.2) is 53.2 Å². The number of H-pyrrole nitrogens is 1. The lowest BCUT2D eigenvalue weighted by atomic mass is 10.3. The minimum absolute atomic E-state index is 0.0659. The number of benzene rings is 1. The van der Waals surface area contributed by atoms with E-state index in [4.69, 9.17) is 11.6 Å². The van der Waals surface area contributed by atoms with Crippen LogP contribution in [0.2, 0.25) is 5.02 Å². The molecule has 1 heterocycles. The lowest BCUT2D eigenvalue weighted by Gasteiger charge is -2.15. The first-order valence-corrected chi connectivity index (χ1v) is 10.5. The first kappa shape index (κ1) is 20.7. The van der Waals surface area contributed by atoms with Crippen molar-refractivity contribution in [3.05, 3.63) is 29.0 Å². The number of nitrogens with zero attached hydrogens (tertiary/aromatic N) is 3. The fourth-order valence-corrected chi connectivity index (χ4v) is 4.06. The normalized spacial score (nSPS) is 13.0. The second-order valence-corrected chi connectivity index (χ2v) is 9.44. The van der Waals surface area contributed by atoms with Gasteiger partial charge in [0.25, 0.3) is 0 Å². The van der Waals surface area contributed by atoms with Crippen molar-refractivity contribution in [2.45, 2.75) is 35.6 Å². The Balaban J connectivity index is 2.13. The highest BCUT2D eigenvalue weighted by Crippen LogP contribution is 2.27. The zero-order chi connectivity index (χ0) is 19.5. The molecule has 0 radical (unpaired) electrons. The fourth-order valence-electron chi connectivity index (χ4n) is 1.92. The number of aryl methyl sites for hydroxylation is 1. The molecule has 2 aromatic rings. The highest BCUT2D eigenvalue weighted by molar-refractivity contribution is 8.00. The molecule has 0 fully saturated rings. The number of anilines is 1. The smallest absolute Gasteiger partial charge is 0.244 e. The molecule has 1 aromatic heterocycles. The molecule has 26 heavy (non-hydrogen) atoms. The number of aromatic amines is 1. The summed E-state index contributed by atoms with van der Waals surface area (Å²) < 4.78 is 25.7. The van der Waals surface area contributed by atoms with E-state index in [0.29, 0.717) is 10.8 Å². The van der Waals surface area contributed by atoms with Crippen LogP contribution in [0, 0.1) is 0 Å². The fraction of sp³-hybridized carbons (Fsp3) is 0.400. The molecule has 0 spiro atoms. The van der Waals surface area contributed by atoms with Gasteiger partial charge in [-0.15, -0.1) is 5.10 Å². The molecule has 0 aliphatic heterocycles. The van der Waals surface area contributed by atoms with Crippen LogP contribution >= 0.6 is 23.4 Å². The summed E-state index contributed by atoms with van der Waals surface area (Å²) in [7, 11) is -0.887. The minimum Gasteiger partial charge on any atom is -0.325 e. The molecule has 0 saturated heterocycles. The zero-order valence-corrected chi connectivity index (χ0v) is 17.2. The lowest BCUT2D eigenvalue weighted by molar-refractivity contribution is -0.115. The van der Waals surface area contributed by atoms with Crippen LogP contribution in [0.1, 0.15) is 19.7 Å². The van der Waals surface area contributed by atoms with Gasteiger partial charge in [0.1, 0.15) is 10.7 Å². The molecular weight excluding hydrogens is 398 g/mol. The van der Waals surface area contributed by atoms with Gasteiger partial charge in [-0.1, -0.05) is 30.3 Å². The Morgan fingerprint density at radius 2 is 2.12 bits per heavy atom. The van der Waals surface area contributed by atoms with Crippen LogP contribution in [-0.2, 0) is 21.2 Å². The molecule has 1 amide bonds. The van der Waals surface area contributed by atoms with Crippen LogP contribution in [0.15, 0.2) is 28.3 Å². The van der Waals surface area contributed by atoms with E-state index >= 15 is 0 Å². The van der Waals surface area contributed by atoms with Gasteiger partial charge in [-0.25, -0.2) is 17.7 Å². The summed E-state index contributed by atoms with van der Waals surface area (Å²) in [4.78, 5) is 16.6. The van der Waals surface area contributed by atoms with Gasteiger partial charge in [0.2, 0.25) is 21.1 Å². The van der Waals surface area contributed by atoms with Crippen molar-refractivity contribution < 1.29 is 13.2 Å². The molecule has 142 valence electrons. The molecule has 8 nitrogen and oxygen atoms in total.